The van der Waals surface area contributed by atoms with E-state index in [-0.39, 0.29) is 5.88 Å². The zero-order valence-corrected chi connectivity index (χ0v) is 14.7. The maximum Gasteiger partial charge on any atom is 0.224 e. The molecule has 0 saturated carbocycles. The van der Waals surface area contributed by atoms with Crippen LogP contribution in [0.3, 0.4) is 0 Å². The molecule has 0 atom stereocenters. The average molecular weight is 353 g/mol. The molecule has 0 radical (unpaired) electrons. The molecule has 0 fully saturated rings. The summed E-state index contributed by atoms with van der Waals surface area (Å²) < 4.78 is 5.19. The van der Waals surface area contributed by atoms with Gasteiger partial charge in [0.2, 0.25) is 5.88 Å². The van der Waals surface area contributed by atoms with Gasteiger partial charge in [-0.15, -0.1) is 0 Å². The van der Waals surface area contributed by atoms with Gasteiger partial charge in [0.1, 0.15) is 0 Å². The lowest BCUT2D eigenvalue weighted by Gasteiger charge is -2.13. The fraction of sp³-hybridized carbons (Fsp3) is 0.100. The number of hydrogen-bond donors (Lipinski definition) is 1. The molecule has 3 rings (SSSR count). The third-order valence-corrected chi connectivity index (χ3v) is 4.56. The Bertz CT molecular complexity index is 954. The van der Waals surface area contributed by atoms with E-state index in [2.05, 4.69) is 4.98 Å². The molecular formula is C20H17ClN2O2. The maximum absolute atomic E-state index is 11.1. The number of nitrogens with zero attached hydrogens (tertiary/aromatic N) is 1. The summed E-state index contributed by atoms with van der Waals surface area (Å²) in [5.41, 5.74) is 11.4. The Balaban J connectivity index is 2.17. The number of hydrogen-bond acceptors (Lipinski definition) is 4. The molecule has 25 heavy (non-hydrogen) atoms. The summed E-state index contributed by atoms with van der Waals surface area (Å²) in [6, 6.07) is 14.9. The van der Waals surface area contributed by atoms with Gasteiger partial charge < -0.3 is 10.5 Å². The number of benzene rings is 2. The van der Waals surface area contributed by atoms with Crippen molar-refractivity contribution in [1.29, 1.82) is 0 Å². The summed E-state index contributed by atoms with van der Waals surface area (Å²) in [7, 11) is 1.48. The van der Waals surface area contributed by atoms with Crippen LogP contribution in [0, 0.1) is 6.92 Å². The van der Waals surface area contributed by atoms with Gasteiger partial charge in [0.15, 0.2) is 6.29 Å². The van der Waals surface area contributed by atoms with Gasteiger partial charge in [-0.3, -0.25) is 4.79 Å². The van der Waals surface area contributed by atoms with Crippen molar-refractivity contribution in [2.24, 2.45) is 0 Å². The number of anilines is 1. The van der Waals surface area contributed by atoms with E-state index in [1.807, 2.05) is 43.3 Å². The van der Waals surface area contributed by atoms with E-state index < -0.39 is 0 Å². The molecule has 0 saturated heterocycles. The van der Waals surface area contributed by atoms with Gasteiger partial charge in [-0.2, -0.15) is 0 Å². The van der Waals surface area contributed by atoms with Crippen molar-refractivity contribution in [1.82, 2.24) is 4.98 Å². The molecule has 126 valence electrons. The maximum atomic E-state index is 11.1. The lowest BCUT2D eigenvalue weighted by Crippen LogP contribution is -1.97. The highest BCUT2D eigenvalue weighted by Gasteiger charge is 2.15. The second kappa shape index (κ2) is 6.95. The number of pyridine rings is 1. The number of nitrogens with two attached hydrogens (primary N) is 1. The van der Waals surface area contributed by atoms with Crippen molar-refractivity contribution in [3.05, 3.63) is 64.7 Å². The lowest BCUT2D eigenvalue weighted by molar-refractivity contribution is 0.112. The summed E-state index contributed by atoms with van der Waals surface area (Å²) in [5.74, 6) is 0.272. The van der Waals surface area contributed by atoms with E-state index in [1.165, 1.54) is 7.11 Å². The van der Waals surface area contributed by atoms with Gasteiger partial charge in [0.25, 0.3) is 0 Å². The highest BCUT2D eigenvalue weighted by molar-refractivity contribution is 6.36. The number of ether oxygens (including phenoxy) is 1. The van der Waals surface area contributed by atoms with Crippen molar-refractivity contribution >= 4 is 23.6 Å². The Kier molecular flexibility index (Phi) is 4.72. The topological polar surface area (TPSA) is 65.2 Å². The zero-order chi connectivity index (χ0) is 18.0. The van der Waals surface area contributed by atoms with Gasteiger partial charge in [-0.05, 0) is 36.2 Å². The van der Waals surface area contributed by atoms with E-state index in [0.29, 0.717) is 28.3 Å². The van der Waals surface area contributed by atoms with Crippen molar-refractivity contribution in [3.8, 4) is 28.3 Å². The largest absolute Gasteiger partial charge is 0.480 e. The molecule has 0 aliphatic rings. The molecule has 0 aliphatic carbocycles. The Hall–Kier alpha value is -2.85. The predicted molar refractivity (Wildman–Crippen MR) is 101 cm³/mol. The molecule has 0 unspecified atom stereocenters. The minimum absolute atomic E-state index is 0.272. The second-order valence-electron chi connectivity index (χ2n) is 5.60. The Morgan fingerprint density at radius 3 is 2.44 bits per heavy atom. The third-order valence-electron chi connectivity index (χ3n) is 4.15. The van der Waals surface area contributed by atoms with Crippen molar-refractivity contribution in [2.75, 3.05) is 12.8 Å². The standard InChI is InChI=1S/C20H17ClN2O2/c1-12-14(5-4-8-17(12)22)15-6-3-7-16(19(15)21)18-10-9-13(11-24)20(23-18)25-2/h3-11H,22H2,1-2H3. The van der Waals surface area contributed by atoms with Gasteiger partial charge >= 0.3 is 0 Å². The fourth-order valence-corrected chi connectivity index (χ4v) is 3.06. The van der Waals surface area contributed by atoms with Crippen molar-refractivity contribution in [3.63, 3.8) is 0 Å². The van der Waals surface area contributed by atoms with Crippen LogP contribution in [-0.2, 0) is 0 Å². The average Bonchev–Trinajstić information content (AvgIpc) is 2.64. The fourth-order valence-electron chi connectivity index (χ4n) is 2.74. The first-order chi connectivity index (χ1) is 12.1. The molecule has 0 spiro atoms. The molecule has 2 N–H and O–H groups in total. The van der Waals surface area contributed by atoms with Gasteiger partial charge in [-0.25, -0.2) is 4.98 Å². The van der Waals surface area contributed by atoms with Gasteiger partial charge in [0, 0.05) is 16.8 Å². The first-order valence-corrected chi connectivity index (χ1v) is 8.09. The number of nitrogen functional groups attached to an aromatic ring is 1. The quantitative estimate of drug-likeness (QED) is 0.542. The van der Waals surface area contributed by atoms with Gasteiger partial charge in [-0.1, -0.05) is 41.9 Å². The first kappa shape index (κ1) is 17.0. The number of rotatable bonds is 4. The Morgan fingerprint density at radius 1 is 1.04 bits per heavy atom. The SMILES string of the molecule is COc1nc(-c2cccc(-c3cccc(N)c3C)c2Cl)ccc1C=O. The Labute approximate surface area is 151 Å². The summed E-state index contributed by atoms with van der Waals surface area (Å²) >= 11 is 6.68. The molecule has 2 aromatic carbocycles. The van der Waals surface area contributed by atoms with Crippen LogP contribution < -0.4 is 10.5 Å². The lowest BCUT2D eigenvalue weighted by atomic mass is 9.96. The van der Waals surface area contributed by atoms with E-state index >= 15 is 0 Å². The smallest absolute Gasteiger partial charge is 0.224 e. The summed E-state index contributed by atoms with van der Waals surface area (Å²) in [6.45, 7) is 1.97. The molecule has 1 aromatic heterocycles. The van der Waals surface area contributed by atoms with E-state index in [0.717, 1.165) is 22.3 Å². The molecule has 5 heteroatoms. The summed E-state index contributed by atoms with van der Waals surface area (Å²) in [6.07, 6.45) is 0.712. The van der Waals surface area contributed by atoms with Crippen LogP contribution in [-0.4, -0.2) is 18.4 Å². The number of carbonyl (C=O) groups excluding carboxylic acids is 1. The predicted octanol–water partition coefficient (Wildman–Crippen LogP) is 4.78. The number of carbonyl (C=O) groups is 1. The van der Waals surface area contributed by atoms with E-state index in [1.54, 1.807) is 12.1 Å². The van der Waals surface area contributed by atoms with Crippen LogP contribution in [0.4, 0.5) is 5.69 Å². The zero-order valence-electron chi connectivity index (χ0n) is 13.9. The molecule has 0 amide bonds. The third kappa shape index (κ3) is 3.08. The summed E-state index contributed by atoms with van der Waals surface area (Å²) in [4.78, 5) is 15.5. The first-order valence-electron chi connectivity index (χ1n) is 7.71. The molecule has 4 nitrogen and oxygen atoms in total. The van der Waals surface area contributed by atoms with Crippen LogP contribution in [0.1, 0.15) is 15.9 Å². The van der Waals surface area contributed by atoms with Crippen LogP contribution >= 0.6 is 11.6 Å². The van der Waals surface area contributed by atoms with Crippen molar-refractivity contribution < 1.29 is 9.53 Å². The molecule has 3 aromatic rings. The highest BCUT2D eigenvalue weighted by atomic mass is 35.5. The number of halogens is 1. The molecule has 0 aliphatic heterocycles. The Morgan fingerprint density at radius 2 is 1.72 bits per heavy atom. The van der Waals surface area contributed by atoms with Crippen LogP contribution in [0.25, 0.3) is 22.4 Å². The normalized spacial score (nSPS) is 10.5. The molecule has 0 bridgehead atoms. The van der Waals surface area contributed by atoms with E-state index in [4.69, 9.17) is 22.1 Å². The number of aldehydes is 1. The number of aromatic nitrogens is 1. The minimum atomic E-state index is 0.272. The molecular weight excluding hydrogens is 336 g/mol. The summed E-state index contributed by atoms with van der Waals surface area (Å²) in [5, 5.41) is 0.574. The van der Waals surface area contributed by atoms with Crippen LogP contribution in [0.5, 0.6) is 5.88 Å². The highest BCUT2D eigenvalue weighted by Crippen LogP contribution is 2.38. The van der Waals surface area contributed by atoms with Crippen LogP contribution in [0.2, 0.25) is 5.02 Å². The van der Waals surface area contributed by atoms with E-state index in [9.17, 15) is 4.79 Å². The second-order valence-corrected chi connectivity index (χ2v) is 5.98. The number of methoxy groups -OCH3 is 1. The van der Waals surface area contributed by atoms with Gasteiger partial charge in [0.05, 0.1) is 23.4 Å². The molecule has 1 heterocycles. The van der Waals surface area contributed by atoms with Crippen LogP contribution in [0.15, 0.2) is 48.5 Å². The minimum Gasteiger partial charge on any atom is -0.480 e. The monoisotopic (exact) mass is 352 g/mol. The van der Waals surface area contributed by atoms with Crippen molar-refractivity contribution in [2.45, 2.75) is 6.92 Å².